The fourth-order valence-electron chi connectivity index (χ4n) is 5.71. The number of hydrogen-bond donors (Lipinski definition) is 2. The Balaban J connectivity index is 0.00000320. The molecule has 1 aliphatic carbocycles. The van der Waals surface area contributed by atoms with Gasteiger partial charge in [0.25, 0.3) is 0 Å². The van der Waals surface area contributed by atoms with E-state index in [4.69, 9.17) is 5.73 Å². The third-order valence-corrected chi connectivity index (χ3v) is 7.51. The Morgan fingerprint density at radius 1 is 1.03 bits per heavy atom. The van der Waals surface area contributed by atoms with Crippen LogP contribution < -0.4 is 11.1 Å². The van der Waals surface area contributed by atoms with E-state index in [2.05, 4.69) is 20.1 Å². The lowest BCUT2D eigenvalue weighted by atomic mass is 9.74. The van der Waals surface area contributed by atoms with Crippen LogP contribution in [0, 0.1) is 11.3 Å². The van der Waals surface area contributed by atoms with Gasteiger partial charge in [-0.25, -0.2) is 0 Å². The second-order valence-electron chi connectivity index (χ2n) is 9.64. The maximum absolute atomic E-state index is 11.3. The maximum Gasteiger partial charge on any atom is 0.220 e. The van der Waals surface area contributed by atoms with Crippen LogP contribution >= 0.6 is 24.0 Å². The number of carbonyl (C=O) groups excluding carboxylic acids is 1. The topological polar surface area (TPSA) is 74.0 Å². The van der Waals surface area contributed by atoms with Crippen LogP contribution in [-0.4, -0.2) is 68.0 Å². The monoisotopic (exact) mass is 533 g/mol. The number of guanidine groups is 1. The van der Waals surface area contributed by atoms with Crippen molar-refractivity contribution in [1.82, 2.24) is 15.1 Å². The van der Waals surface area contributed by atoms with E-state index < -0.39 is 0 Å². The molecule has 3 N–H and O–H groups in total. The Morgan fingerprint density at radius 2 is 1.70 bits per heavy atom. The van der Waals surface area contributed by atoms with Gasteiger partial charge in [0, 0.05) is 32.6 Å². The standard InChI is InChI=1S/C23H43N5O.HI/c1-25-22(28-16-8-13-23(19-28)11-4-2-3-5-12-23)26-14-6-7-15-27-17-9-20(10-18-27)21(24)29;/h20H,2-19H2,1H3,(H2,24,29)(H,25,26);1H. The predicted octanol–water partition coefficient (Wildman–Crippen LogP) is 3.59. The summed E-state index contributed by atoms with van der Waals surface area (Å²) in [5, 5.41) is 3.63. The summed E-state index contributed by atoms with van der Waals surface area (Å²) in [5.74, 6) is 1.08. The lowest BCUT2D eigenvalue weighted by Crippen LogP contribution is -2.50. The summed E-state index contributed by atoms with van der Waals surface area (Å²) < 4.78 is 0. The smallest absolute Gasteiger partial charge is 0.220 e. The van der Waals surface area contributed by atoms with E-state index in [0.29, 0.717) is 5.41 Å². The maximum atomic E-state index is 11.3. The highest BCUT2D eigenvalue weighted by Gasteiger charge is 2.36. The molecule has 2 aliphatic heterocycles. The minimum atomic E-state index is -0.122. The lowest BCUT2D eigenvalue weighted by Gasteiger charge is -2.44. The fourth-order valence-corrected chi connectivity index (χ4v) is 5.71. The van der Waals surface area contributed by atoms with Crippen molar-refractivity contribution < 1.29 is 4.79 Å². The quantitative estimate of drug-likeness (QED) is 0.237. The van der Waals surface area contributed by atoms with Gasteiger partial charge in [0.1, 0.15) is 0 Å². The molecule has 1 spiro atoms. The summed E-state index contributed by atoms with van der Waals surface area (Å²) in [6.45, 7) is 6.49. The van der Waals surface area contributed by atoms with Crippen LogP contribution in [0.3, 0.4) is 0 Å². The predicted molar refractivity (Wildman–Crippen MR) is 135 cm³/mol. The number of aliphatic imine (C=N–C) groups is 1. The van der Waals surface area contributed by atoms with Crippen LogP contribution in [0.25, 0.3) is 0 Å². The number of likely N-dealkylation sites (tertiary alicyclic amines) is 2. The van der Waals surface area contributed by atoms with Crippen molar-refractivity contribution in [1.29, 1.82) is 0 Å². The molecule has 0 unspecified atom stereocenters. The normalized spacial score (nSPS) is 23.6. The summed E-state index contributed by atoms with van der Waals surface area (Å²) in [7, 11) is 1.93. The number of amides is 1. The van der Waals surface area contributed by atoms with E-state index in [1.807, 2.05) is 7.05 Å². The van der Waals surface area contributed by atoms with Crippen LogP contribution in [0.5, 0.6) is 0 Å². The number of halogens is 1. The number of nitrogens with one attached hydrogen (secondary N) is 1. The van der Waals surface area contributed by atoms with E-state index in [9.17, 15) is 4.79 Å². The largest absolute Gasteiger partial charge is 0.369 e. The first-order valence-corrected chi connectivity index (χ1v) is 12.1. The van der Waals surface area contributed by atoms with Crippen molar-refractivity contribution in [3.05, 3.63) is 0 Å². The molecule has 0 radical (unpaired) electrons. The van der Waals surface area contributed by atoms with Crippen LogP contribution in [-0.2, 0) is 4.79 Å². The molecule has 0 atom stereocenters. The molecule has 3 aliphatic rings. The van der Waals surface area contributed by atoms with Gasteiger partial charge in [0.15, 0.2) is 5.96 Å². The first-order chi connectivity index (χ1) is 14.1. The number of nitrogens with zero attached hydrogens (tertiary/aromatic N) is 3. The van der Waals surface area contributed by atoms with Gasteiger partial charge in [-0.15, -0.1) is 24.0 Å². The zero-order chi connectivity index (χ0) is 20.5. The van der Waals surface area contributed by atoms with E-state index in [0.717, 1.165) is 57.9 Å². The molecule has 3 fully saturated rings. The number of unbranched alkanes of at least 4 members (excludes halogenated alkanes) is 1. The van der Waals surface area contributed by atoms with E-state index in [-0.39, 0.29) is 35.8 Å². The molecular weight excluding hydrogens is 489 g/mol. The number of hydrogen-bond acceptors (Lipinski definition) is 3. The number of piperidine rings is 2. The summed E-state index contributed by atoms with van der Waals surface area (Å²) in [6.07, 6.45) is 15.4. The molecule has 30 heavy (non-hydrogen) atoms. The Morgan fingerprint density at radius 3 is 2.33 bits per heavy atom. The van der Waals surface area contributed by atoms with Crippen molar-refractivity contribution in [2.45, 2.75) is 77.0 Å². The minimum Gasteiger partial charge on any atom is -0.369 e. The average molecular weight is 534 g/mol. The van der Waals surface area contributed by atoms with Gasteiger partial charge >= 0.3 is 0 Å². The Labute approximate surface area is 200 Å². The zero-order valence-electron chi connectivity index (χ0n) is 19.0. The molecule has 174 valence electrons. The van der Waals surface area contributed by atoms with Crippen molar-refractivity contribution in [3.8, 4) is 0 Å². The number of rotatable bonds is 6. The van der Waals surface area contributed by atoms with Gasteiger partial charge in [-0.3, -0.25) is 9.79 Å². The summed E-state index contributed by atoms with van der Waals surface area (Å²) in [4.78, 5) is 20.9. The van der Waals surface area contributed by atoms with Gasteiger partial charge < -0.3 is 20.9 Å². The Bertz CT molecular complexity index is 540. The highest BCUT2D eigenvalue weighted by Crippen LogP contribution is 2.42. The van der Waals surface area contributed by atoms with Gasteiger partial charge in [-0.2, -0.15) is 0 Å². The molecule has 1 amide bonds. The molecule has 6 nitrogen and oxygen atoms in total. The molecule has 7 heteroatoms. The van der Waals surface area contributed by atoms with Gasteiger partial charge in [0.2, 0.25) is 5.91 Å². The molecule has 2 heterocycles. The highest BCUT2D eigenvalue weighted by molar-refractivity contribution is 14.0. The van der Waals surface area contributed by atoms with Gasteiger partial charge in [-0.1, -0.05) is 25.7 Å². The van der Waals surface area contributed by atoms with Crippen LogP contribution in [0.1, 0.15) is 77.0 Å². The third kappa shape index (κ3) is 7.53. The molecule has 0 bridgehead atoms. The minimum absolute atomic E-state index is 0. The van der Waals surface area contributed by atoms with E-state index in [1.165, 1.54) is 64.3 Å². The molecule has 1 saturated carbocycles. The fraction of sp³-hybridized carbons (Fsp3) is 0.913. The molecular formula is C23H44IN5O. The average Bonchev–Trinajstić information content (AvgIpc) is 2.96. The molecule has 2 saturated heterocycles. The second kappa shape index (κ2) is 13.1. The Kier molecular flexibility index (Phi) is 11.2. The highest BCUT2D eigenvalue weighted by atomic mass is 127. The van der Waals surface area contributed by atoms with Crippen molar-refractivity contribution >= 4 is 35.8 Å². The van der Waals surface area contributed by atoms with E-state index in [1.54, 1.807) is 0 Å². The summed E-state index contributed by atoms with van der Waals surface area (Å²) in [6, 6.07) is 0. The Hall–Kier alpha value is -0.570. The van der Waals surface area contributed by atoms with Gasteiger partial charge in [-0.05, 0) is 76.4 Å². The number of primary amides is 1. The SMILES string of the molecule is CN=C(NCCCCN1CCC(C(N)=O)CC1)N1CCCC2(CCCCCC2)C1.I. The van der Waals surface area contributed by atoms with Crippen molar-refractivity contribution in [2.75, 3.05) is 46.3 Å². The van der Waals surface area contributed by atoms with Crippen LogP contribution in [0.2, 0.25) is 0 Å². The first-order valence-electron chi connectivity index (χ1n) is 12.1. The zero-order valence-corrected chi connectivity index (χ0v) is 21.4. The number of nitrogens with two attached hydrogens (primary N) is 1. The van der Waals surface area contributed by atoms with Gasteiger partial charge in [0.05, 0.1) is 0 Å². The van der Waals surface area contributed by atoms with Crippen molar-refractivity contribution in [3.63, 3.8) is 0 Å². The lowest BCUT2D eigenvalue weighted by molar-refractivity contribution is -0.123. The summed E-state index contributed by atoms with van der Waals surface area (Å²) in [5.41, 5.74) is 5.97. The summed E-state index contributed by atoms with van der Waals surface area (Å²) >= 11 is 0. The van der Waals surface area contributed by atoms with Crippen molar-refractivity contribution in [2.24, 2.45) is 22.1 Å². The molecule has 0 aromatic rings. The molecule has 3 rings (SSSR count). The van der Waals surface area contributed by atoms with Crippen LogP contribution in [0.4, 0.5) is 0 Å². The molecule has 0 aromatic heterocycles. The van der Waals surface area contributed by atoms with Crippen LogP contribution in [0.15, 0.2) is 4.99 Å². The van der Waals surface area contributed by atoms with E-state index >= 15 is 0 Å². The second-order valence-corrected chi connectivity index (χ2v) is 9.64. The molecule has 0 aromatic carbocycles. The first kappa shape index (κ1) is 25.7. The number of carbonyl (C=O) groups is 1. The third-order valence-electron chi connectivity index (χ3n) is 7.51.